The first-order chi connectivity index (χ1) is 9.19. The van der Waals surface area contributed by atoms with E-state index < -0.39 is 4.92 Å². The molecule has 2 rings (SSSR count). The molecule has 4 nitrogen and oxygen atoms in total. The van der Waals surface area contributed by atoms with Gasteiger partial charge in [0.25, 0.3) is 5.69 Å². The molecule has 0 radical (unpaired) electrons. The van der Waals surface area contributed by atoms with Crippen LogP contribution in [0.4, 0.5) is 11.4 Å². The van der Waals surface area contributed by atoms with Crippen molar-refractivity contribution in [3.05, 3.63) is 69.8 Å². The minimum absolute atomic E-state index is 0.0875. The van der Waals surface area contributed by atoms with Crippen LogP contribution in [0.3, 0.4) is 0 Å². The molecule has 0 aromatic heterocycles. The zero-order chi connectivity index (χ0) is 13.7. The van der Waals surface area contributed by atoms with E-state index in [0.29, 0.717) is 0 Å². The zero-order valence-electron chi connectivity index (χ0n) is 10.6. The van der Waals surface area contributed by atoms with Crippen LogP contribution >= 0.6 is 0 Å². The van der Waals surface area contributed by atoms with Crippen LogP contribution in [0.15, 0.2) is 53.5 Å². The van der Waals surface area contributed by atoms with Gasteiger partial charge in [-0.1, -0.05) is 19.1 Å². The molecule has 0 bridgehead atoms. The molecule has 0 aliphatic rings. The molecular formula is C15H14N2O2. The van der Waals surface area contributed by atoms with Crippen molar-refractivity contribution in [1.82, 2.24) is 0 Å². The molecule has 0 N–H and O–H groups in total. The number of aliphatic imine (C=N–C) groups is 1. The van der Waals surface area contributed by atoms with Crippen LogP contribution < -0.4 is 0 Å². The molecule has 19 heavy (non-hydrogen) atoms. The van der Waals surface area contributed by atoms with Crippen molar-refractivity contribution < 1.29 is 4.92 Å². The van der Waals surface area contributed by atoms with Crippen LogP contribution in [-0.2, 0) is 6.42 Å². The van der Waals surface area contributed by atoms with Gasteiger partial charge >= 0.3 is 0 Å². The second kappa shape index (κ2) is 5.91. The van der Waals surface area contributed by atoms with Crippen molar-refractivity contribution >= 4 is 17.6 Å². The van der Waals surface area contributed by atoms with Gasteiger partial charge in [-0.05, 0) is 41.8 Å². The highest BCUT2D eigenvalue weighted by atomic mass is 16.6. The van der Waals surface area contributed by atoms with E-state index in [2.05, 4.69) is 11.9 Å². The summed E-state index contributed by atoms with van der Waals surface area (Å²) in [5.41, 5.74) is 3.07. The van der Waals surface area contributed by atoms with Crippen LogP contribution in [0.2, 0.25) is 0 Å². The maximum absolute atomic E-state index is 10.5. The Hall–Kier alpha value is -2.49. The molecule has 0 saturated heterocycles. The van der Waals surface area contributed by atoms with E-state index >= 15 is 0 Å². The van der Waals surface area contributed by atoms with Crippen LogP contribution in [0, 0.1) is 10.1 Å². The third-order valence-electron chi connectivity index (χ3n) is 2.81. The number of hydrogen-bond acceptors (Lipinski definition) is 3. The first kappa shape index (κ1) is 13.0. The van der Waals surface area contributed by atoms with Gasteiger partial charge in [0.1, 0.15) is 0 Å². The summed E-state index contributed by atoms with van der Waals surface area (Å²) in [5.74, 6) is 0. The third-order valence-corrected chi connectivity index (χ3v) is 2.81. The standard InChI is InChI=1S/C15H14N2O2/c1-2-12-3-7-14(8-4-12)16-11-13-5-9-15(10-6-13)17(18)19/h3-11H,2H2,1H3/b16-11+. The fourth-order valence-corrected chi connectivity index (χ4v) is 1.65. The molecule has 4 heteroatoms. The summed E-state index contributed by atoms with van der Waals surface area (Å²) in [6.45, 7) is 2.11. The van der Waals surface area contributed by atoms with Crippen molar-refractivity contribution in [3.63, 3.8) is 0 Å². The summed E-state index contributed by atoms with van der Waals surface area (Å²) >= 11 is 0. The Morgan fingerprint density at radius 3 is 2.26 bits per heavy atom. The fourth-order valence-electron chi connectivity index (χ4n) is 1.65. The number of nitro groups is 1. The number of aryl methyl sites for hydroxylation is 1. The summed E-state index contributed by atoms with van der Waals surface area (Å²) in [6.07, 6.45) is 2.71. The highest BCUT2D eigenvalue weighted by molar-refractivity contribution is 5.82. The van der Waals surface area contributed by atoms with Crippen molar-refractivity contribution in [1.29, 1.82) is 0 Å². The second-order valence-corrected chi connectivity index (χ2v) is 4.13. The molecule has 0 aliphatic heterocycles. The second-order valence-electron chi connectivity index (χ2n) is 4.13. The van der Waals surface area contributed by atoms with Gasteiger partial charge in [-0.2, -0.15) is 0 Å². The SMILES string of the molecule is CCc1ccc(/N=C/c2ccc([N+](=O)[O-])cc2)cc1. The lowest BCUT2D eigenvalue weighted by molar-refractivity contribution is -0.384. The Kier molecular flexibility index (Phi) is 4.03. The molecule has 2 aromatic rings. The fraction of sp³-hybridized carbons (Fsp3) is 0.133. The summed E-state index contributed by atoms with van der Waals surface area (Å²) in [5, 5.41) is 10.5. The maximum Gasteiger partial charge on any atom is 0.269 e. The van der Waals surface area contributed by atoms with Crippen LogP contribution in [0.25, 0.3) is 0 Å². The van der Waals surface area contributed by atoms with Gasteiger partial charge in [0.05, 0.1) is 10.6 Å². The monoisotopic (exact) mass is 254 g/mol. The average molecular weight is 254 g/mol. The summed E-state index contributed by atoms with van der Waals surface area (Å²) < 4.78 is 0. The normalized spacial score (nSPS) is 10.8. The van der Waals surface area contributed by atoms with Crippen LogP contribution in [0.5, 0.6) is 0 Å². The first-order valence-corrected chi connectivity index (χ1v) is 6.06. The van der Waals surface area contributed by atoms with Crippen molar-refractivity contribution in [2.45, 2.75) is 13.3 Å². The van der Waals surface area contributed by atoms with Crippen LogP contribution in [-0.4, -0.2) is 11.1 Å². The Labute approximate surface area is 111 Å². The lowest BCUT2D eigenvalue weighted by atomic mass is 10.1. The van der Waals surface area contributed by atoms with Gasteiger partial charge in [0.2, 0.25) is 0 Å². The largest absolute Gasteiger partial charge is 0.269 e. The number of rotatable bonds is 4. The highest BCUT2D eigenvalue weighted by Crippen LogP contribution is 2.15. The predicted octanol–water partition coefficient (Wildman–Crippen LogP) is 3.91. The van der Waals surface area contributed by atoms with E-state index in [1.165, 1.54) is 17.7 Å². The third kappa shape index (κ3) is 3.48. The molecule has 0 spiro atoms. The average Bonchev–Trinajstić information content (AvgIpc) is 2.46. The minimum atomic E-state index is -0.412. The summed E-state index contributed by atoms with van der Waals surface area (Å²) in [6, 6.07) is 14.3. The number of benzene rings is 2. The highest BCUT2D eigenvalue weighted by Gasteiger charge is 2.02. The molecule has 0 aliphatic carbocycles. The van der Waals surface area contributed by atoms with E-state index in [0.717, 1.165) is 17.7 Å². The molecule has 96 valence electrons. The van der Waals surface area contributed by atoms with Gasteiger partial charge in [0.15, 0.2) is 0 Å². The summed E-state index contributed by atoms with van der Waals surface area (Å²) in [7, 11) is 0. The maximum atomic E-state index is 10.5. The molecule has 0 heterocycles. The Morgan fingerprint density at radius 2 is 1.74 bits per heavy atom. The van der Waals surface area contributed by atoms with Crippen molar-refractivity contribution in [3.8, 4) is 0 Å². The van der Waals surface area contributed by atoms with Crippen molar-refractivity contribution in [2.24, 2.45) is 4.99 Å². The van der Waals surface area contributed by atoms with Gasteiger partial charge in [-0.3, -0.25) is 15.1 Å². The molecule has 2 aromatic carbocycles. The van der Waals surface area contributed by atoms with E-state index in [-0.39, 0.29) is 5.69 Å². The van der Waals surface area contributed by atoms with E-state index in [1.807, 2.05) is 24.3 Å². The topological polar surface area (TPSA) is 55.5 Å². The molecule has 0 unspecified atom stereocenters. The quantitative estimate of drug-likeness (QED) is 0.472. The zero-order valence-corrected chi connectivity index (χ0v) is 10.6. The lowest BCUT2D eigenvalue weighted by Gasteiger charge is -1.97. The van der Waals surface area contributed by atoms with E-state index in [1.54, 1.807) is 18.3 Å². The number of nitrogens with zero attached hydrogens (tertiary/aromatic N) is 2. The van der Waals surface area contributed by atoms with Gasteiger partial charge in [0, 0.05) is 18.3 Å². The first-order valence-electron chi connectivity index (χ1n) is 6.06. The molecule has 0 saturated carbocycles. The Bertz CT molecular complexity index is 587. The summed E-state index contributed by atoms with van der Waals surface area (Å²) in [4.78, 5) is 14.4. The minimum Gasteiger partial charge on any atom is -0.258 e. The lowest BCUT2D eigenvalue weighted by Crippen LogP contribution is -1.88. The molecule has 0 atom stereocenters. The van der Waals surface area contributed by atoms with Crippen molar-refractivity contribution in [2.75, 3.05) is 0 Å². The number of non-ortho nitro benzene ring substituents is 1. The van der Waals surface area contributed by atoms with E-state index in [9.17, 15) is 10.1 Å². The van der Waals surface area contributed by atoms with Crippen LogP contribution in [0.1, 0.15) is 18.1 Å². The van der Waals surface area contributed by atoms with Gasteiger partial charge in [-0.25, -0.2) is 0 Å². The Balaban J connectivity index is 2.10. The van der Waals surface area contributed by atoms with E-state index in [4.69, 9.17) is 0 Å². The predicted molar refractivity (Wildman–Crippen MR) is 76.2 cm³/mol. The molecule has 0 amide bonds. The smallest absolute Gasteiger partial charge is 0.258 e. The molecule has 0 fully saturated rings. The van der Waals surface area contributed by atoms with Gasteiger partial charge < -0.3 is 0 Å². The molecular weight excluding hydrogens is 240 g/mol. The Morgan fingerprint density at radius 1 is 1.11 bits per heavy atom. The number of nitro benzene ring substituents is 1. The van der Waals surface area contributed by atoms with Gasteiger partial charge in [-0.15, -0.1) is 0 Å². The number of hydrogen-bond donors (Lipinski definition) is 0.